The fourth-order valence-electron chi connectivity index (χ4n) is 5.93. The smallest absolute Gasteiger partial charge is 0.163 e. The van der Waals surface area contributed by atoms with E-state index in [9.17, 15) is 14.7 Å². The first-order valence-electron chi connectivity index (χ1n) is 14.8. The van der Waals surface area contributed by atoms with E-state index in [1.54, 1.807) is 18.2 Å². The van der Waals surface area contributed by atoms with Crippen molar-refractivity contribution in [2.75, 3.05) is 19.4 Å². The SMILES string of the molecule is CC[C@@H]1CCC(=O)CC(=O)/C=C/c2cc(OC)c(O)cc2CC2=CNC3NCC[C@@](Cc4ccccc4)(SSC1)C3=C2. The van der Waals surface area contributed by atoms with Gasteiger partial charge in [0.25, 0.3) is 0 Å². The Balaban J connectivity index is 1.56. The van der Waals surface area contributed by atoms with Gasteiger partial charge in [0.15, 0.2) is 17.3 Å². The molecule has 3 heterocycles. The molecule has 2 aromatic carbocycles. The summed E-state index contributed by atoms with van der Waals surface area (Å²) in [5.74, 6) is 1.56. The largest absolute Gasteiger partial charge is 0.504 e. The number of piperidine rings is 1. The second-order valence-electron chi connectivity index (χ2n) is 11.4. The van der Waals surface area contributed by atoms with Crippen molar-refractivity contribution in [2.45, 2.75) is 62.8 Å². The number of ether oxygens (including phenoxy) is 1. The van der Waals surface area contributed by atoms with Crippen LogP contribution in [0.15, 0.2) is 72.0 Å². The molecule has 0 spiro atoms. The van der Waals surface area contributed by atoms with E-state index < -0.39 is 0 Å². The first kappa shape index (κ1) is 30.5. The molecular weight excluding hydrogens is 565 g/mol. The number of allylic oxidation sites excluding steroid dienone is 3. The molecule has 42 heavy (non-hydrogen) atoms. The van der Waals surface area contributed by atoms with Gasteiger partial charge in [0.2, 0.25) is 0 Å². The van der Waals surface area contributed by atoms with Crippen molar-refractivity contribution in [2.24, 2.45) is 5.92 Å². The lowest BCUT2D eigenvalue weighted by Gasteiger charge is -2.45. The van der Waals surface area contributed by atoms with E-state index >= 15 is 0 Å². The Morgan fingerprint density at radius 1 is 1.12 bits per heavy atom. The van der Waals surface area contributed by atoms with E-state index in [1.165, 1.54) is 24.3 Å². The highest BCUT2D eigenvalue weighted by Gasteiger charge is 2.43. The molecule has 0 aromatic heterocycles. The van der Waals surface area contributed by atoms with Gasteiger partial charge in [-0.05, 0) is 84.2 Å². The zero-order valence-corrected chi connectivity index (χ0v) is 26.0. The Morgan fingerprint density at radius 3 is 2.74 bits per heavy atom. The number of hydrogen-bond donors (Lipinski definition) is 3. The van der Waals surface area contributed by atoms with Gasteiger partial charge < -0.3 is 15.2 Å². The standard InChI is InChI=1S/C34H40N2O4S2/c1-3-23-9-11-28(37)19-29(38)12-10-26-18-32(40-2)31(39)17-27(26)15-25-16-30-33(36-21-25)35-14-13-34(30,42-41-22-23)20-24-7-5-4-6-8-24/h4-8,10,12,16-18,21,23,33,35-36,39H,3,9,11,13-15,19-20,22H2,1-2H3/b12-10+/t23-,33?,34+/m1/s1. The zero-order valence-electron chi connectivity index (χ0n) is 24.4. The van der Waals surface area contributed by atoms with Crippen molar-refractivity contribution in [3.05, 3.63) is 88.7 Å². The van der Waals surface area contributed by atoms with E-state index in [2.05, 4.69) is 60.2 Å². The average molecular weight is 605 g/mol. The number of nitrogens with one attached hydrogen (secondary N) is 2. The highest BCUT2D eigenvalue weighted by molar-refractivity contribution is 8.77. The van der Waals surface area contributed by atoms with Crippen molar-refractivity contribution >= 4 is 39.2 Å². The first-order chi connectivity index (χ1) is 20.4. The number of phenolic OH excluding ortho intramolecular Hbond substituents is 1. The average Bonchev–Trinajstić information content (AvgIpc) is 2.99. The Bertz CT molecular complexity index is 1390. The summed E-state index contributed by atoms with van der Waals surface area (Å²) in [5, 5.41) is 17.9. The minimum absolute atomic E-state index is 0.0111. The van der Waals surface area contributed by atoms with Gasteiger partial charge >= 0.3 is 0 Å². The van der Waals surface area contributed by atoms with Crippen LogP contribution in [-0.4, -0.2) is 47.0 Å². The van der Waals surface area contributed by atoms with Crippen LogP contribution >= 0.6 is 21.6 Å². The number of carbonyl (C=O) groups is 2. The number of hydrogen-bond acceptors (Lipinski definition) is 8. The highest BCUT2D eigenvalue weighted by atomic mass is 33.1. The maximum absolute atomic E-state index is 12.7. The van der Waals surface area contributed by atoms with E-state index in [-0.39, 0.29) is 34.6 Å². The molecule has 3 aliphatic heterocycles. The molecule has 1 fully saturated rings. The third kappa shape index (κ3) is 7.33. The minimum atomic E-state index is -0.209. The molecular formula is C34H40N2O4S2. The number of Topliss-reactive ketones (excluding diaryl/α,β-unsaturated/α-hetero) is 1. The van der Waals surface area contributed by atoms with Crippen LogP contribution in [0.25, 0.3) is 6.08 Å². The number of aromatic hydroxyl groups is 1. The number of ketones is 2. The molecule has 0 aliphatic carbocycles. The van der Waals surface area contributed by atoms with Crippen LogP contribution in [0, 0.1) is 5.92 Å². The molecule has 1 unspecified atom stereocenters. The molecule has 0 radical (unpaired) electrons. The molecule has 2 bridgehead atoms. The van der Waals surface area contributed by atoms with Crippen molar-refractivity contribution < 1.29 is 19.4 Å². The number of phenols is 1. The lowest BCUT2D eigenvalue weighted by Crippen LogP contribution is -2.55. The summed E-state index contributed by atoms with van der Waals surface area (Å²) < 4.78 is 5.26. The van der Waals surface area contributed by atoms with E-state index in [0.29, 0.717) is 24.5 Å². The van der Waals surface area contributed by atoms with Crippen LogP contribution in [0.5, 0.6) is 11.5 Å². The molecule has 2 aromatic rings. The third-order valence-corrected chi connectivity index (χ3v) is 11.8. The van der Waals surface area contributed by atoms with Crippen LogP contribution in [0.4, 0.5) is 0 Å². The highest BCUT2D eigenvalue weighted by Crippen LogP contribution is 2.50. The monoisotopic (exact) mass is 604 g/mol. The molecule has 1 saturated heterocycles. The van der Waals surface area contributed by atoms with Crippen molar-refractivity contribution in [1.29, 1.82) is 0 Å². The molecule has 222 valence electrons. The van der Waals surface area contributed by atoms with Crippen LogP contribution < -0.4 is 15.4 Å². The van der Waals surface area contributed by atoms with E-state index in [1.807, 2.05) is 21.6 Å². The lowest BCUT2D eigenvalue weighted by molar-refractivity contribution is -0.124. The van der Waals surface area contributed by atoms with Gasteiger partial charge in [0.05, 0.1) is 18.3 Å². The maximum Gasteiger partial charge on any atom is 0.163 e. The Labute approximate surface area is 256 Å². The third-order valence-electron chi connectivity index (χ3n) is 8.41. The summed E-state index contributed by atoms with van der Waals surface area (Å²) in [6, 6.07) is 14.2. The summed E-state index contributed by atoms with van der Waals surface area (Å²) >= 11 is 0. The van der Waals surface area contributed by atoms with Crippen LogP contribution in [0.1, 0.15) is 55.7 Å². The van der Waals surface area contributed by atoms with Gasteiger partial charge in [-0.2, -0.15) is 0 Å². The van der Waals surface area contributed by atoms with Gasteiger partial charge in [-0.25, -0.2) is 0 Å². The molecule has 0 amide bonds. The number of carbonyl (C=O) groups excluding carboxylic acids is 2. The zero-order chi connectivity index (χ0) is 29.5. The first-order valence-corrected chi connectivity index (χ1v) is 17.1. The van der Waals surface area contributed by atoms with Gasteiger partial charge in [-0.1, -0.05) is 77.4 Å². The molecule has 5 rings (SSSR count). The molecule has 3 atom stereocenters. The second kappa shape index (κ2) is 14.0. The van der Waals surface area contributed by atoms with Gasteiger partial charge in [0.1, 0.15) is 11.9 Å². The number of fused-ring (bicyclic) bond motifs is 2. The summed E-state index contributed by atoms with van der Waals surface area (Å²) in [6.07, 6.45) is 12.3. The second-order valence-corrected chi connectivity index (χ2v) is 14.1. The molecule has 6 nitrogen and oxygen atoms in total. The topological polar surface area (TPSA) is 87.7 Å². The maximum atomic E-state index is 12.7. The molecule has 8 heteroatoms. The molecule has 0 saturated carbocycles. The summed E-state index contributed by atoms with van der Waals surface area (Å²) in [4.78, 5) is 25.4. The summed E-state index contributed by atoms with van der Waals surface area (Å²) in [6.45, 7) is 3.11. The van der Waals surface area contributed by atoms with E-state index in [0.717, 1.165) is 54.7 Å². The minimum Gasteiger partial charge on any atom is -0.504 e. The Hall–Kier alpha value is -2.94. The van der Waals surface area contributed by atoms with Gasteiger partial charge in [-0.3, -0.25) is 14.9 Å². The lowest BCUT2D eigenvalue weighted by atomic mass is 9.81. The molecule has 3 aliphatic rings. The summed E-state index contributed by atoms with van der Waals surface area (Å²) in [5.41, 5.74) is 5.41. The van der Waals surface area contributed by atoms with E-state index in [4.69, 9.17) is 4.74 Å². The Morgan fingerprint density at radius 2 is 1.95 bits per heavy atom. The van der Waals surface area contributed by atoms with Crippen LogP contribution in [0.2, 0.25) is 0 Å². The van der Waals surface area contributed by atoms with Crippen LogP contribution in [-0.2, 0) is 22.4 Å². The van der Waals surface area contributed by atoms with Crippen molar-refractivity contribution in [1.82, 2.24) is 10.6 Å². The number of rotatable bonds is 4. The Kier molecular flexibility index (Phi) is 10.2. The normalized spacial score (nSPS) is 26.0. The van der Waals surface area contributed by atoms with Crippen molar-refractivity contribution in [3.63, 3.8) is 0 Å². The van der Waals surface area contributed by atoms with Crippen molar-refractivity contribution in [3.8, 4) is 11.5 Å². The van der Waals surface area contributed by atoms with Gasteiger partial charge in [-0.15, -0.1) is 0 Å². The number of benzene rings is 2. The predicted molar refractivity (Wildman–Crippen MR) is 174 cm³/mol. The number of dihydropyridines is 1. The van der Waals surface area contributed by atoms with Gasteiger partial charge in [0, 0.05) is 18.4 Å². The number of methoxy groups -OCH3 is 1. The fourth-order valence-corrected chi connectivity index (χ4v) is 9.67. The quantitative estimate of drug-likeness (QED) is 0.273. The predicted octanol–water partition coefficient (Wildman–Crippen LogP) is 6.40. The fraction of sp³-hybridized carbons (Fsp3) is 0.412. The molecule has 3 N–H and O–H groups in total. The van der Waals surface area contributed by atoms with Crippen LogP contribution in [0.3, 0.4) is 0 Å². The summed E-state index contributed by atoms with van der Waals surface area (Å²) in [7, 11) is 5.41.